The van der Waals surface area contributed by atoms with Gasteiger partial charge >= 0.3 is 0 Å². The van der Waals surface area contributed by atoms with Gasteiger partial charge in [0.05, 0.1) is 6.42 Å². The highest BCUT2D eigenvalue weighted by molar-refractivity contribution is 6.06. The lowest BCUT2D eigenvalue weighted by Crippen LogP contribution is -2.32. The molecule has 1 fully saturated rings. The maximum absolute atomic E-state index is 11.9. The molecule has 7 heteroatoms. The van der Waals surface area contributed by atoms with Gasteiger partial charge in [-0.1, -0.05) is 6.92 Å². The summed E-state index contributed by atoms with van der Waals surface area (Å²) in [4.78, 5) is 32.8. The van der Waals surface area contributed by atoms with E-state index in [1.54, 1.807) is 7.05 Å². The summed E-state index contributed by atoms with van der Waals surface area (Å²) in [5, 5.41) is 6.03. The number of nitrogens with one attached hydrogen (secondary N) is 2. The van der Waals surface area contributed by atoms with Gasteiger partial charge < -0.3 is 10.6 Å². The van der Waals surface area contributed by atoms with Crippen molar-refractivity contribution in [1.82, 2.24) is 14.9 Å². The molecule has 1 unspecified atom stereocenters. The van der Waals surface area contributed by atoms with E-state index in [0.717, 1.165) is 22.7 Å². The van der Waals surface area contributed by atoms with Crippen LogP contribution < -0.4 is 10.6 Å². The zero-order valence-electron chi connectivity index (χ0n) is 11.2. The molecule has 2 N–H and O–H groups in total. The van der Waals surface area contributed by atoms with Crippen molar-refractivity contribution in [3.05, 3.63) is 11.9 Å². The third-order valence-electron chi connectivity index (χ3n) is 3.23. The second kappa shape index (κ2) is 5.21. The van der Waals surface area contributed by atoms with Crippen LogP contribution in [0.2, 0.25) is 0 Å². The van der Waals surface area contributed by atoms with Crippen molar-refractivity contribution in [2.24, 2.45) is 0 Å². The Morgan fingerprint density at radius 3 is 2.58 bits per heavy atom. The molecule has 1 aromatic heterocycles. The van der Waals surface area contributed by atoms with Gasteiger partial charge in [-0.05, 0) is 6.42 Å². The first-order chi connectivity index (χ1) is 9.08. The standard InChI is InChI=1S/C12H17N5O2/c1-4-7-10(13-2)14-6-15-11(7)16-8-5-9(18)17(3)12(8)19/h6,8H,4-5H2,1-3H3,(H2,13,14,15,16). The van der Waals surface area contributed by atoms with E-state index in [2.05, 4.69) is 20.6 Å². The highest BCUT2D eigenvalue weighted by Gasteiger charge is 2.36. The predicted molar refractivity (Wildman–Crippen MR) is 70.8 cm³/mol. The van der Waals surface area contributed by atoms with Crippen molar-refractivity contribution >= 4 is 23.5 Å². The molecule has 0 saturated carbocycles. The van der Waals surface area contributed by atoms with Crippen LogP contribution in [0.4, 0.5) is 11.6 Å². The Kier molecular flexibility index (Phi) is 3.64. The molecule has 0 aromatic carbocycles. The summed E-state index contributed by atoms with van der Waals surface area (Å²) < 4.78 is 0. The highest BCUT2D eigenvalue weighted by atomic mass is 16.2. The number of aromatic nitrogens is 2. The van der Waals surface area contributed by atoms with Gasteiger partial charge in [-0.3, -0.25) is 14.5 Å². The minimum absolute atomic E-state index is 0.164. The Morgan fingerprint density at radius 2 is 2.05 bits per heavy atom. The van der Waals surface area contributed by atoms with Crippen molar-refractivity contribution in [2.45, 2.75) is 25.8 Å². The first-order valence-electron chi connectivity index (χ1n) is 6.17. The van der Waals surface area contributed by atoms with Gasteiger partial charge in [0.1, 0.15) is 24.0 Å². The first-order valence-corrected chi connectivity index (χ1v) is 6.17. The number of anilines is 2. The van der Waals surface area contributed by atoms with E-state index >= 15 is 0 Å². The van der Waals surface area contributed by atoms with Crippen LogP contribution in [-0.2, 0) is 16.0 Å². The fourth-order valence-corrected chi connectivity index (χ4v) is 2.12. The van der Waals surface area contributed by atoms with Gasteiger partial charge in [0.15, 0.2) is 0 Å². The number of hydrogen-bond donors (Lipinski definition) is 2. The van der Waals surface area contributed by atoms with Crippen molar-refractivity contribution in [3.63, 3.8) is 0 Å². The fourth-order valence-electron chi connectivity index (χ4n) is 2.12. The van der Waals surface area contributed by atoms with Gasteiger partial charge in [-0.2, -0.15) is 0 Å². The van der Waals surface area contributed by atoms with Crippen LogP contribution >= 0.6 is 0 Å². The average molecular weight is 263 g/mol. The van der Waals surface area contributed by atoms with Crippen LogP contribution in [-0.4, -0.2) is 46.8 Å². The Bertz CT molecular complexity index is 517. The second-order valence-corrected chi connectivity index (χ2v) is 4.35. The number of amides is 2. The molecule has 2 rings (SSSR count). The third-order valence-corrected chi connectivity index (χ3v) is 3.23. The smallest absolute Gasteiger partial charge is 0.251 e. The van der Waals surface area contributed by atoms with Crippen molar-refractivity contribution in [1.29, 1.82) is 0 Å². The molecule has 0 bridgehead atoms. The zero-order chi connectivity index (χ0) is 14.0. The Labute approximate surface area is 111 Å². The maximum Gasteiger partial charge on any atom is 0.251 e. The molecule has 7 nitrogen and oxygen atoms in total. The topological polar surface area (TPSA) is 87.2 Å². The summed E-state index contributed by atoms with van der Waals surface area (Å²) in [5.74, 6) is 0.925. The number of imide groups is 1. The largest absolute Gasteiger partial charge is 0.373 e. The van der Waals surface area contributed by atoms with Crippen molar-refractivity contribution < 1.29 is 9.59 Å². The van der Waals surface area contributed by atoms with Crippen molar-refractivity contribution in [2.75, 3.05) is 24.7 Å². The van der Waals surface area contributed by atoms with Gasteiger partial charge in [-0.25, -0.2) is 9.97 Å². The molecular weight excluding hydrogens is 246 g/mol. The summed E-state index contributed by atoms with van der Waals surface area (Å²) in [6.07, 6.45) is 2.32. The van der Waals surface area contributed by atoms with Gasteiger partial charge in [0.25, 0.3) is 5.91 Å². The predicted octanol–water partition coefficient (Wildman–Crippen LogP) is 0.250. The van der Waals surface area contributed by atoms with Crippen LogP contribution in [0.5, 0.6) is 0 Å². The van der Waals surface area contributed by atoms with Crippen molar-refractivity contribution in [3.8, 4) is 0 Å². The second-order valence-electron chi connectivity index (χ2n) is 4.35. The van der Waals surface area contributed by atoms with E-state index in [1.165, 1.54) is 13.4 Å². The van der Waals surface area contributed by atoms with E-state index in [-0.39, 0.29) is 18.2 Å². The molecule has 19 heavy (non-hydrogen) atoms. The molecular formula is C12H17N5O2. The van der Waals surface area contributed by atoms with Crippen LogP contribution in [0.3, 0.4) is 0 Å². The Hall–Kier alpha value is -2.18. The number of likely N-dealkylation sites (N-methyl/N-ethyl adjacent to an activating group) is 1. The van der Waals surface area contributed by atoms with Crippen LogP contribution in [0.25, 0.3) is 0 Å². The minimum atomic E-state index is -0.539. The molecule has 0 spiro atoms. The Morgan fingerprint density at radius 1 is 1.37 bits per heavy atom. The number of nitrogens with zero attached hydrogens (tertiary/aromatic N) is 3. The minimum Gasteiger partial charge on any atom is -0.373 e. The van der Waals surface area contributed by atoms with E-state index in [0.29, 0.717) is 5.82 Å². The van der Waals surface area contributed by atoms with Crippen LogP contribution in [0, 0.1) is 0 Å². The lowest BCUT2D eigenvalue weighted by atomic mass is 10.2. The third kappa shape index (κ3) is 2.35. The summed E-state index contributed by atoms with van der Waals surface area (Å²) in [6, 6.07) is -0.539. The lowest BCUT2D eigenvalue weighted by molar-refractivity contribution is -0.136. The highest BCUT2D eigenvalue weighted by Crippen LogP contribution is 2.23. The molecule has 0 aliphatic carbocycles. The maximum atomic E-state index is 11.9. The SMILES string of the molecule is CCc1c(NC)ncnc1NC1CC(=O)N(C)C1=O. The van der Waals surface area contributed by atoms with E-state index < -0.39 is 6.04 Å². The first kappa shape index (κ1) is 13.3. The molecule has 2 heterocycles. The summed E-state index contributed by atoms with van der Waals surface area (Å²) in [6.45, 7) is 1.98. The lowest BCUT2D eigenvalue weighted by Gasteiger charge is -2.16. The summed E-state index contributed by atoms with van der Waals surface area (Å²) in [5.41, 5.74) is 0.903. The summed E-state index contributed by atoms with van der Waals surface area (Å²) in [7, 11) is 3.27. The van der Waals surface area contributed by atoms with Crippen LogP contribution in [0.1, 0.15) is 18.9 Å². The zero-order valence-corrected chi connectivity index (χ0v) is 11.2. The number of carbonyl (C=O) groups is 2. The molecule has 102 valence electrons. The van der Waals surface area contributed by atoms with Gasteiger partial charge in [-0.15, -0.1) is 0 Å². The number of hydrogen-bond acceptors (Lipinski definition) is 6. The molecule has 1 atom stereocenters. The Balaban J connectivity index is 2.25. The number of carbonyl (C=O) groups excluding carboxylic acids is 2. The van der Waals surface area contributed by atoms with Gasteiger partial charge in [0.2, 0.25) is 5.91 Å². The molecule has 2 amide bonds. The fraction of sp³-hybridized carbons (Fsp3) is 0.500. The molecule has 1 aromatic rings. The van der Waals surface area contributed by atoms with Gasteiger partial charge in [0, 0.05) is 19.7 Å². The average Bonchev–Trinajstić information content (AvgIpc) is 2.66. The number of likely N-dealkylation sites (tertiary alicyclic amines) is 1. The van der Waals surface area contributed by atoms with E-state index in [1.807, 2.05) is 6.92 Å². The molecule has 1 aliphatic heterocycles. The van der Waals surface area contributed by atoms with Crippen LogP contribution in [0.15, 0.2) is 6.33 Å². The molecule has 1 aliphatic rings. The monoisotopic (exact) mass is 263 g/mol. The summed E-state index contributed by atoms with van der Waals surface area (Å²) >= 11 is 0. The van der Waals surface area contributed by atoms with E-state index in [4.69, 9.17) is 0 Å². The number of rotatable bonds is 4. The molecule has 0 radical (unpaired) electrons. The quantitative estimate of drug-likeness (QED) is 0.757. The normalized spacial score (nSPS) is 18.9. The van der Waals surface area contributed by atoms with E-state index in [9.17, 15) is 9.59 Å². The molecule has 1 saturated heterocycles.